The number of aromatic nitrogens is 6. The summed E-state index contributed by atoms with van der Waals surface area (Å²) in [4.78, 5) is 25.3. The Balaban J connectivity index is 0.0000126. The summed E-state index contributed by atoms with van der Waals surface area (Å²) < 4.78 is 142. The maximum absolute atomic E-state index is 12.5. The van der Waals surface area contributed by atoms with E-state index >= 15 is 0 Å². The summed E-state index contributed by atoms with van der Waals surface area (Å²) in [5, 5.41) is 68.3. The zero-order chi connectivity index (χ0) is 50.5. The molecule has 376 valence electrons. The average Bonchev–Trinajstić information content (AvgIpc) is 3.24. The second-order valence-corrected chi connectivity index (χ2v) is 19.7. The van der Waals surface area contributed by atoms with E-state index in [1.165, 1.54) is 21.9 Å². The van der Waals surface area contributed by atoms with Gasteiger partial charge in [0.1, 0.15) is 20.2 Å². The molecule has 2 heterocycles. The topological polar surface area (TPSA) is 482 Å². The van der Waals surface area contributed by atoms with E-state index in [4.69, 9.17) is 0 Å². The van der Waals surface area contributed by atoms with Crippen molar-refractivity contribution in [3.8, 4) is 0 Å². The van der Waals surface area contributed by atoms with Crippen molar-refractivity contribution >= 4 is 99.7 Å². The molecule has 4 aromatic rings. The van der Waals surface area contributed by atoms with Crippen molar-refractivity contribution in [1.82, 2.24) is 29.9 Å². The van der Waals surface area contributed by atoms with Crippen LogP contribution in [-0.4, -0.2) is 202 Å². The molecule has 0 saturated carbocycles. The second kappa shape index (κ2) is 32.2. The molecular weight excluding hydrogens is 1080 g/mol. The number of nitrogens with zero attached hydrogens (tertiary/aromatic N) is 8. The third kappa shape index (κ3) is 24.2. The minimum Gasteiger partial charge on any atom is -0.748 e. The monoisotopic (exact) mass is 1130 g/mol. The van der Waals surface area contributed by atoms with Gasteiger partial charge in [0, 0.05) is 50.6 Å². The van der Waals surface area contributed by atoms with Crippen LogP contribution in [0.15, 0.2) is 46.2 Å². The standard InChI is InChI=1S/C34H48N12O18S4.4Na/c47-11-9-45(17-25(51)19-49)33-41-29(35-7-13-65(53,54)55)39-31(43-33)37-23-5-3-21(27(15-23)67(59,60)61)1-2-22-4-6-24(16-28(22)68(62,63)64)38-32-40-30(36-8-14-66(56,57)58)42-34(44-32)46(10-12-48)18-26(52)20-50;;;;/h1-6,15-16,25-26,47-52H,7-14,17-20H2,(H,53,54,55)(H,56,57,58)(H,59,60,61)(H,62,63,64)(H2,35,37,39,41,43)(H2,36,38,40,42,44);;;;/q;4*+1/p-4/b2-1+;;;;. The number of benzene rings is 2. The molecule has 2 atom stereocenters. The Bertz CT molecular complexity index is 2680. The Morgan fingerprint density at radius 3 is 1.15 bits per heavy atom. The summed E-state index contributed by atoms with van der Waals surface area (Å²) in [5.41, 5.74) is -0.923. The Morgan fingerprint density at radius 1 is 0.528 bits per heavy atom. The third-order valence-corrected chi connectivity index (χ3v) is 11.8. The Hall–Kier alpha value is -1.60. The summed E-state index contributed by atoms with van der Waals surface area (Å²) in [6.45, 7) is -4.40. The first-order valence-electron chi connectivity index (χ1n) is 19.4. The van der Waals surface area contributed by atoms with E-state index in [-0.39, 0.29) is 203 Å². The van der Waals surface area contributed by atoms with Crippen molar-refractivity contribution in [2.45, 2.75) is 22.0 Å². The van der Waals surface area contributed by atoms with Crippen molar-refractivity contribution < 1.29 is 201 Å². The van der Waals surface area contributed by atoms with E-state index in [2.05, 4.69) is 51.2 Å². The number of anilines is 8. The van der Waals surface area contributed by atoms with Gasteiger partial charge in [-0.15, -0.1) is 0 Å². The molecule has 4 rings (SSSR count). The van der Waals surface area contributed by atoms with Crippen LogP contribution in [0.5, 0.6) is 0 Å². The molecular formula is C34H44N12Na4O18S4. The quantitative estimate of drug-likeness (QED) is 0.0143. The fourth-order valence-electron chi connectivity index (χ4n) is 5.64. The van der Waals surface area contributed by atoms with Gasteiger partial charge in [-0.25, -0.2) is 33.7 Å². The summed E-state index contributed by atoms with van der Waals surface area (Å²) >= 11 is 0. The summed E-state index contributed by atoms with van der Waals surface area (Å²) in [6, 6.07) is 6.37. The van der Waals surface area contributed by atoms with Crippen molar-refractivity contribution in [2.75, 3.05) is 108 Å². The summed E-state index contributed by atoms with van der Waals surface area (Å²) in [6.07, 6.45) is -0.683. The van der Waals surface area contributed by atoms with Gasteiger partial charge in [0.15, 0.2) is 0 Å². The predicted molar refractivity (Wildman–Crippen MR) is 235 cm³/mol. The molecule has 0 aliphatic heterocycles. The van der Waals surface area contributed by atoms with Crippen molar-refractivity contribution in [3.63, 3.8) is 0 Å². The molecule has 0 spiro atoms. The smallest absolute Gasteiger partial charge is 0.748 e. The number of rotatable bonds is 28. The molecule has 72 heavy (non-hydrogen) atoms. The summed E-state index contributed by atoms with van der Waals surface area (Å²) in [5.74, 6) is -3.73. The van der Waals surface area contributed by atoms with Crippen LogP contribution >= 0.6 is 0 Å². The average molecular weight is 1130 g/mol. The molecule has 0 radical (unpaired) electrons. The summed E-state index contributed by atoms with van der Waals surface area (Å²) in [7, 11) is -20.0. The van der Waals surface area contributed by atoms with Crippen LogP contribution in [0.4, 0.5) is 47.1 Å². The second-order valence-electron chi connectivity index (χ2n) is 14.0. The third-order valence-electron chi connectivity index (χ3n) is 8.63. The van der Waals surface area contributed by atoms with Gasteiger partial charge in [-0.3, -0.25) is 0 Å². The van der Waals surface area contributed by atoms with Gasteiger partial charge in [-0.1, -0.05) is 24.3 Å². The Labute approximate surface area is 502 Å². The van der Waals surface area contributed by atoms with Crippen molar-refractivity contribution in [1.29, 1.82) is 0 Å². The van der Waals surface area contributed by atoms with Gasteiger partial charge >= 0.3 is 118 Å². The maximum atomic E-state index is 12.5. The van der Waals surface area contributed by atoms with Crippen LogP contribution in [0, 0.1) is 0 Å². The normalized spacial score (nSPS) is 12.5. The molecule has 10 N–H and O–H groups in total. The van der Waals surface area contributed by atoms with Gasteiger partial charge in [0.2, 0.25) is 35.7 Å². The van der Waals surface area contributed by atoms with Gasteiger partial charge in [-0.2, -0.15) is 29.9 Å². The molecule has 30 nitrogen and oxygen atoms in total. The molecule has 2 aromatic carbocycles. The Morgan fingerprint density at radius 2 is 0.861 bits per heavy atom. The van der Waals surface area contributed by atoms with Gasteiger partial charge in [-0.05, 0) is 35.4 Å². The van der Waals surface area contributed by atoms with Crippen molar-refractivity contribution in [2.24, 2.45) is 0 Å². The number of hydrogen-bond acceptors (Lipinski definition) is 30. The van der Waals surface area contributed by atoms with E-state index in [0.29, 0.717) is 0 Å². The van der Waals surface area contributed by atoms with Crippen molar-refractivity contribution in [3.05, 3.63) is 47.5 Å². The number of nitrogens with one attached hydrogen (secondary N) is 4. The fraction of sp³-hybridized carbons (Fsp3) is 0.412. The van der Waals surface area contributed by atoms with Crippen LogP contribution in [-0.2, 0) is 40.5 Å². The fourth-order valence-corrected chi connectivity index (χ4v) is 7.74. The predicted octanol–water partition coefficient (Wildman–Crippen LogP) is -16.2. The van der Waals surface area contributed by atoms with Gasteiger partial charge < -0.3 is 79.9 Å². The molecule has 0 aliphatic rings. The van der Waals surface area contributed by atoms with E-state index in [0.717, 1.165) is 36.4 Å². The first-order valence-corrected chi connectivity index (χ1v) is 25.4. The zero-order valence-electron chi connectivity index (χ0n) is 39.1. The molecule has 0 fully saturated rings. The van der Waals surface area contributed by atoms with Gasteiger partial charge in [0.25, 0.3) is 0 Å². The molecule has 0 amide bonds. The van der Waals surface area contributed by atoms with Crippen LogP contribution in [0.25, 0.3) is 12.2 Å². The molecule has 2 aromatic heterocycles. The van der Waals surface area contributed by atoms with Gasteiger partial charge in [0.05, 0.1) is 80.2 Å². The van der Waals surface area contributed by atoms with Crippen LogP contribution in [0.1, 0.15) is 11.1 Å². The molecule has 0 aliphatic carbocycles. The zero-order valence-corrected chi connectivity index (χ0v) is 50.3. The number of hydrogen-bond donors (Lipinski definition) is 10. The van der Waals surface area contributed by atoms with Crippen LogP contribution in [0.3, 0.4) is 0 Å². The van der Waals surface area contributed by atoms with Crippen LogP contribution in [0.2, 0.25) is 0 Å². The first kappa shape index (κ1) is 70.4. The maximum Gasteiger partial charge on any atom is 1.00 e. The Kier molecular flexibility index (Phi) is 31.5. The minimum atomic E-state index is -5.33. The number of aliphatic hydroxyl groups is 6. The molecule has 0 bridgehead atoms. The molecule has 0 saturated heterocycles. The number of aliphatic hydroxyl groups excluding tert-OH is 6. The van der Waals surface area contributed by atoms with E-state index in [1.807, 2.05) is 0 Å². The SMILES string of the molecule is O=S(=O)([O-])CCNc1nc(Nc2ccc(/C=C/c3ccc(Nc4nc(NCCS(=O)(=O)[O-])nc(N(CCO)CC(O)CO)n4)cc3S(=O)(=O)[O-])c(S(=O)(=O)[O-])c2)nc(N(CCO)CC(O)CO)n1.[Na+].[Na+].[Na+].[Na+]. The molecule has 2 unspecified atom stereocenters. The van der Waals surface area contributed by atoms with E-state index < -0.39 is 113 Å². The minimum absolute atomic E-state index is 0. The first-order chi connectivity index (χ1) is 31.8. The van der Waals surface area contributed by atoms with E-state index in [1.54, 1.807) is 0 Å². The molecule has 38 heteroatoms. The largest absolute Gasteiger partial charge is 1.00 e. The van der Waals surface area contributed by atoms with Crippen LogP contribution < -0.4 is 149 Å². The van der Waals surface area contributed by atoms with E-state index in [9.17, 15) is 82.5 Å².